The molecule has 0 radical (unpaired) electrons. The van der Waals surface area contributed by atoms with Gasteiger partial charge in [0.05, 0.1) is 6.54 Å². The number of benzene rings is 1. The van der Waals surface area contributed by atoms with Gasteiger partial charge in [-0.15, -0.1) is 0 Å². The van der Waals surface area contributed by atoms with Gasteiger partial charge in [-0.2, -0.15) is 0 Å². The van der Waals surface area contributed by atoms with Crippen molar-refractivity contribution >= 4 is 16.9 Å². The van der Waals surface area contributed by atoms with E-state index in [-0.39, 0.29) is 0 Å². The summed E-state index contributed by atoms with van der Waals surface area (Å²) in [5.74, 6) is 1.09. The predicted molar refractivity (Wildman–Crippen MR) is 89.6 cm³/mol. The normalized spacial score (nSPS) is 19.7. The maximum atomic E-state index is 4.69. The quantitative estimate of drug-likeness (QED) is 0.941. The second-order valence-electron chi connectivity index (χ2n) is 5.27. The third-order valence-electron chi connectivity index (χ3n) is 3.60. The lowest BCUT2D eigenvalue weighted by Gasteiger charge is -2.09. The zero-order valence-electron chi connectivity index (χ0n) is 12.1. The second kappa shape index (κ2) is 6.76. The molecule has 1 aliphatic rings. The average molecular weight is 297 g/mol. The van der Waals surface area contributed by atoms with Crippen LogP contribution >= 0.6 is 11.8 Å². The van der Waals surface area contributed by atoms with Gasteiger partial charge in [0.15, 0.2) is 5.17 Å². The van der Waals surface area contributed by atoms with Crippen molar-refractivity contribution in [1.29, 1.82) is 0 Å². The zero-order chi connectivity index (χ0) is 14.5. The van der Waals surface area contributed by atoms with Crippen molar-refractivity contribution in [3.63, 3.8) is 0 Å². The molecule has 0 spiro atoms. The van der Waals surface area contributed by atoms with Crippen LogP contribution in [0.1, 0.15) is 16.7 Å². The van der Waals surface area contributed by atoms with Crippen LogP contribution in [-0.4, -0.2) is 21.9 Å². The maximum absolute atomic E-state index is 4.69. The highest BCUT2D eigenvalue weighted by atomic mass is 32.2. The lowest BCUT2D eigenvalue weighted by Crippen LogP contribution is -2.29. The summed E-state index contributed by atoms with van der Waals surface area (Å²) in [4.78, 5) is 8.80. The fourth-order valence-electron chi connectivity index (χ4n) is 2.37. The number of rotatable bonds is 4. The van der Waals surface area contributed by atoms with Crippen molar-refractivity contribution in [2.75, 3.05) is 5.75 Å². The summed E-state index contributed by atoms with van der Waals surface area (Å²) in [6, 6.07) is 13.1. The van der Waals surface area contributed by atoms with E-state index in [1.807, 2.05) is 30.2 Å². The van der Waals surface area contributed by atoms with E-state index in [4.69, 9.17) is 0 Å². The smallest absolute Gasteiger partial charge is 0.157 e. The summed E-state index contributed by atoms with van der Waals surface area (Å²) in [6.45, 7) is 2.80. The number of thioether (sulfide) groups is 1. The molecule has 2 heterocycles. The standard InChI is InChI=1S/C17H19N3S/c1-13-10-18-8-7-15(13)11-19-17-20-16(12-21-17)9-14-5-3-2-4-6-14/h2-8,10,16H,9,11-12H2,1H3,(H,19,20). The molecule has 1 aromatic carbocycles. The first kappa shape index (κ1) is 14.1. The summed E-state index contributed by atoms with van der Waals surface area (Å²) >= 11 is 1.82. The van der Waals surface area contributed by atoms with Gasteiger partial charge in [-0.05, 0) is 36.1 Å². The molecule has 1 unspecified atom stereocenters. The number of aryl methyl sites for hydroxylation is 1. The molecule has 1 aromatic heterocycles. The molecule has 0 aliphatic carbocycles. The van der Waals surface area contributed by atoms with Crippen LogP contribution in [0.5, 0.6) is 0 Å². The SMILES string of the molecule is Cc1cnccc1CN=C1NC(Cc2ccccc2)CS1. The van der Waals surface area contributed by atoms with Crippen LogP contribution in [0.25, 0.3) is 0 Å². The Morgan fingerprint density at radius 1 is 1.29 bits per heavy atom. The largest absolute Gasteiger partial charge is 0.361 e. The molecule has 1 aliphatic heterocycles. The Balaban J connectivity index is 1.57. The van der Waals surface area contributed by atoms with Gasteiger partial charge in [0, 0.05) is 24.2 Å². The minimum atomic E-state index is 0.481. The van der Waals surface area contributed by atoms with Gasteiger partial charge in [0.25, 0.3) is 0 Å². The van der Waals surface area contributed by atoms with Crippen LogP contribution < -0.4 is 5.32 Å². The molecule has 2 aromatic rings. The van der Waals surface area contributed by atoms with Crippen molar-refractivity contribution in [2.45, 2.75) is 25.9 Å². The predicted octanol–water partition coefficient (Wildman–Crippen LogP) is 3.19. The van der Waals surface area contributed by atoms with Crippen molar-refractivity contribution in [3.8, 4) is 0 Å². The Hall–Kier alpha value is -1.81. The highest BCUT2D eigenvalue weighted by Crippen LogP contribution is 2.18. The number of aliphatic imine (C=N–C) groups is 1. The van der Waals surface area contributed by atoms with Crippen LogP contribution in [0.2, 0.25) is 0 Å². The Bertz CT molecular complexity index is 625. The molecule has 0 bridgehead atoms. The van der Waals surface area contributed by atoms with Crippen LogP contribution in [0, 0.1) is 6.92 Å². The molecule has 1 atom stereocenters. The lowest BCUT2D eigenvalue weighted by molar-refractivity contribution is 0.686. The third-order valence-corrected chi connectivity index (χ3v) is 4.69. The summed E-state index contributed by atoms with van der Waals surface area (Å²) in [7, 11) is 0. The number of hydrogen-bond donors (Lipinski definition) is 1. The summed E-state index contributed by atoms with van der Waals surface area (Å²) < 4.78 is 0. The number of hydrogen-bond acceptors (Lipinski definition) is 3. The Morgan fingerprint density at radius 2 is 2.14 bits per heavy atom. The lowest BCUT2D eigenvalue weighted by atomic mass is 10.1. The van der Waals surface area contributed by atoms with Crippen molar-refractivity contribution in [2.24, 2.45) is 4.99 Å². The Labute approximate surface area is 129 Å². The topological polar surface area (TPSA) is 37.3 Å². The Kier molecular flexibility index (Phi) is 4.55. The van der Waals surface area contributed by atoms with Gasteiger partial charge in [-0.1, -0.05) is 42.1 Å². The van der Waals surface area contributed by atoms with E-state index in [1.165, 1.54) is 16.7 Å². The molecule has 4 heteroatoms. The summed E-state index contributed by atoms with van der Waals surface area (Å²) in [6.07, 6.45) is 4.78. The molecule has 3 rings (SSSR count). The Morgan fingerprint density at radius 3 is 2.95 bits per heavy atom. The van der Waals surface area contributed by atoms with Crippen LogP contribution in [-0.2, 0) is 13.0 Å². The van der Waals surface area contributed by atoms with E-state index in [0.29, 0.717) is 6.04 Å². The van der Waals surface area contributed by atoms with Gasteiger partial charge in [0.2, 0.25) is 0 Å². The van der Waals surface area contributed by atoms with Gasteiger partial charge < -0.3 is 5.32 Å². The van der Waals surface area contributed by atoms with E-state index in [2.05, 4.69) is 52.5 Å². The van der Waals surface area contributed by atoms with E-state index in [9.17, 15) is 0 Å². The molecule has 1 saturated heterocycles. The fraction of sp³-hybridized carbons (Fsp3) is 0.294. The minimum Gasteiger partial charge on any atom is -0.361 e. The molecular formula is C17H19N3S. The highest BCUT2D eigenvalue weighted by molar-refractivity contribution is 8.14. The van der Waals surface area contributed by atoms with Crippen LogP contribution in [0.15, 0.2) is 53.8 Å². The molecule has 0 saturated carbocycles. The van der Waals surface area contributed by atoms with Crippen molar-refractivity contribution in [1.82, 2.24) is 10.3 Å². The molecule has 1 fully saturated rings. The summed E-state index contributed by atoms with van der Waals surface area (Å²) in [5.41, 5.74) is 3.82. The fourth-order valence-corrected chi connectivity index (χ4v) is 3.34. The van der Waals surface area contributed by atoms with Crippen molar-refractivity contribution in [3.05, 3.63) is 65.5 Å². The number of pyridine rings is 1. The molecule has 0 amide bonds. The second-order valence-corrected chi connectivity index (χ2v) is 6.27. The van der Waals surface area contributed by atoms with E-state index < -0.39 is 0 Å². The average Bonchev–Trinajstić information content (AvgIpc) is 2.95. The minimum absolute atomic E-state index is 0.481. The number of aromatic nitrogens is 1. The third kappa shape index (κ3) is 3.85. The van der Waals surface area contributed by atoms with Gasteiger partial charge in [-0.3, -0.25) is 9.98 Å². The first-order valence-electron chi connectivity index (χ1n) is 7.18. The number of nitrogens with zero attached hydrogens (tertiary/aromatic N) is 2. The maximum Gasteiger partial charge on any atom is 0.157 e. The molecule has 108 valence electrons. The van der Waals surface area contributed by atoms with Gasteiger partial charge in [0.1, 0.15) is 0 Å². The molecule has 3 nitrogen and oxygen atoms in total. The van der Waals surface area contributed by atoms with E-state index in [1.54, 1.807) is 0 Å². The first-order chi connectivity index (χ1) is 10.3. The van der Waals surface area contributed by atoms with Crippen LogP contribution in [0.3, 0.4) is 0 Å². The van der Waals surface area contributed by atoms with E-state index in [0.717, 1.165) is 23.9 Å². The zero-order valence-corrected chi connectivity index (χ0v) is 12.9. The highest BCUT2D eigenvalue weighted by Gasteiger charge is 2.20. The number of amidine groups is 1. The van der Waals surface area contributed by atoms with Gasteiger partial charge >= 0.3 is 0 Å². The first-order valence-corrected chi connectivity index (χ1v) is 8.17. The monoisotopic (exact) mass is 297 g/mol. The summed E-state index contributed by atoms with van der Waals surface area (Å²) in [5, 5.41) is 4.59. The molecular weight excluding hydrogens is 278 g/mol. The van der Waals surface area contributed by atoms with Crippen molar-refractivity contribution < 1.29 is 0 Å². The van der Waals surface area contributed by atoms with Crippen LogP contribution in [0.4, 0.5) is 0 Å². The van der Waals surface area contributed by atoms with Gasteiger partial charge in [-0.25, -0.2) is 0 Å². The molecule has 21 heavy (non-hydrogen) atoms. The molecule has 1 N–H and O–H groups in total. The van der Waals surface area contributed by atoms with E-state index >= 15 is 0 Å². The number of nitrogens with one attached hydrogen (secondary N) is 1.